The molecule has 1 aliphatic carbocycles. The van der Waals surface area contributed by atoms with Crippen LogP contribution >= 0.6 is 0 Å². The topological polar surface area (TPSA) is 16.1 Å². The van der Waals surface area contributed by atoms with Crippen LogP contribution in [0.5, 0.6) is 0 Å². The molecule has 1 heterocycles. The summed E-state index contributed by atoms with van der Waals surface area (Å²) in [4.78, 5) is 6.75. The molecule has 1 aromatic heterocycles. The van der Waals surface area contributed by atoms with Gasteiger partial charge in [-0.1, -0.05) is 147 Å². The van der Waals surface area contributed by atoms with Crippen LogP contribution in [0.15, 0.2) is 200 Å². The van der Waals surface area contributed by atoms with Crippen molar-refractivity contribution in [1.82, 2.24) is 4.98 Å². The lowest BCUT2D eigenvalue weighted by Gasteiger charge is -2.28. The van der Waals surface area contributed by atoms with E-state index in [9.17, 15) is 0 Å². The minimum Gasteiger partial charge on any atom is -0.311 e. The quantitative estimate of drug-likeness (QED) is 0.163. The lowest BCUT2D eigenvalue weighted by Crippen LogP contribution is -2.16. The predicted molar refractivity (Wildman–Crippen MR) is 238 cm³/mol. The summed E-state index contributed by atoms with van der Waals surface area (Å²) in [7, 11) is 0. The predicted octanol–water partition coefficient (Wildman–Crippen LogP) is 14.7. The van der Waals surface area contributed by atoms with Crippen molar-refractivity contribution in [3.8, 4) is 33.4 Å². The molecule has 0 saturated carbocycles. The summed E-state index contributed by atoms with van der Waals surface area (Å²) >= 11 is 0. The number of allylic oxidation sites excluding steroid dienone is 1. The van der Waals surface area contributed by atoms with Gasteiger partial charge in [0.15, 0.2) is 0 Å². The molecule has 2 nitrogen and oxygen atoms in total. The fourth-order valence-electron chi connectivity index (χ4n) is 8.45. The van der Waals surface area contributed by atoms with E-state index in [1.165, 1.54) is 77.2 Å². The van der Waals surface area contributed by atoms with Crippen LogP contribution < -0.4 is 4.90 Å². The Balaban J connectivity index is 0.978. The van der Waals surface area contributed by atoms with E-state index in [0.29, 0.717) is 0 Å². The van der Waals surface area contributed by atoms with Gasteiger partial charge in [-0.15, -0.1) is 0 Å². The SMILES string of the molecule is CC1(C)C(c2ccc(N(c3ccc(-c4ccc(-c5ccc6ccccc6c5)cc4)cc3)c3ccc(-c4ccc5ccccc5c4)cc3)cc2)=Cc2cnccc21. The molecule has 0 saturated heterocycles. The average Bonchev–Trinajstić information content (AvgIpc) is 3.54. The highest BCUT2D eigenvalue weighted by molar-refractivity contribution is 5.94. The maximum Gasteiger partial charge on any atom is 0.0462 e. The van der Waals surface area contributed by atoms with Gasteiger partial charge in [0.05, 0.1) is 0 Å². The van der Waals surface area contributed by atoms with E-state index >= 15 is 0 Å². The molecule has 0 unspecified atom stereocenters. The van der Waals surface area contributed by atoms with Crippen molar-refractivity contribution in [2.75, 3.05) is 4.90 Å². The molecule has 0 spiro atoms. The molecular formula is C54H40N2. The molecule has 2 heteroatoms. The van der Waals surface area contributed by atoms with Gasteiger partial charge in [-0.2, -0.15) is 0 Å². The van der Waals surface area contributed by atoms with Crippen molar-refractivity contribution in [2.45, 2.75) is 19.3 Å². The number of nitrogens with zero attached hydrogens (tertiary/aromatic N) is 2. The van der Waals surface area contributed by atoms with Gasteiger partial charge < -0.3 is 4.90 Å². The van der Waals surface area contributed by atoms with Crippen LogP contribution in [0.3, 0.4) is 0 Å². The second-order valence-electron chi connectivity index (χ2n) is 15.3. The molecular weight excluding hydrogens is 677 g/mol. The van der Waals surface area contributed by atoms with Gasteiger partial charge in [-0.05, 0) is 138 Å². The number of fused-ring (bicyclic) bond motifs is 3. The first kappa shape index (κ1) is 33.5. The van der Waals surface area contributed by atoms with Gasteiger partial charge in [-0.3, -0.25) is 4.98 Å². The number of hydrogen-bond acceptors (Lipinski definition) is 2. The highest BCUT2D eigenvalue weighted by atomic mass is 15.1. The molecule has 0 radical (unpaired) electrons. The summed E-state index contributed by atoms with van der Waals surface area (Å²) < 4.78 is 0. The Bertz CT molecular complexity index is 2900. The Hall–Kier alpha value is -7.03. The Morgan fingerprint density at radius 3 is 1.25 bits per heavy atom. The van der Waals surface area contributed by atoms with Gasteiger partial charge >= 0.3 is 0 Å². The van der Waals surface area contributed by atoms with Crippen molar-refractivity contribution in [3.05, 3.63) is 217 Å². The molecule has 10 rings (SSSR count). The fourth-order valence-corrected chi connectivity index (χ4v) is 8.45. The Kier molecular flexibility index (Phi) is 8.19. The number of anilines is 3. The molecule has 8 aromatic carbocycles. The zero-order valence-corrected chi connectivity index (χ0v) is 31.5. The van der Waals surface area contributed by atoms with Crippen LogP contribution in [-0.2, 0) is 5.41 Å². The summed E-state index contributed by atoms with van der Waals surface area (Å²) in [5.74, 6) is 0. The Morgan fingerprint density at radius 2 is 0.786 bits per heavy atom. The first-order chi connectivity index (χ1) is 27.5. The monoisotopic (exact) mass is 716 g/mol. The smallest absolute Gasteiger partial charge is 0.0462 e. The summed E-state index contributed by atoms with van der Waals surface area (Å²) in [6, 6.07) is 68.5. The van der Waals surface area contributed by atoms with E-state index < -0.39 is 0 Å². The zero-order valence-electron chi connectivity index (χ0n) is 31.5. The van der Waals surface area contributed by atoms with E-state index in [4.69, 9.17) is 0 Å². The molecule has 1 aliphatic rings. The van der Waals surface area contributed by atoms with E-state index in [0.717, 1.165) is 17.1 Å². The minimum atomic E-state index is -0.0957. The molecule has 0 atom stereocenters. The second kappa shape index (κ2) is 13.7. The maximum atomic E-state index is 4.39. The van der Waals surface area contributed by atoms with E-state index in [2.05, 4.69) is 218 Å². The number of benzene rings is 8. The van der Waals surface area contributed by atoms with Gasteiger partial charge in [0.2, 0.25) is 0 Å². The highest BCUT2D eigenvalue weighted by Crippen LogP contribution is 2.47. The molecule has 266 valence electrons. The van der Waals surface area contributed by atoms with Gasteiger partial charge in [0.1, 0.15) is 0 Å². The van der Waals surface area contributed by atoms with E-state index in [1.54, 1.807) is 0 Å². The number of aromatic nitrogens is 1. The van der Waals surface area contributed by atoms with Crippen LogP contribution in [0.1, 0.15) is 30.5 Å². The second-order valence-corrected chi connectivity index (χ2v) is 15.3. The largest absolute Gasteiger partial charge is 0.311 e. The maximum absolute atomic E-state index is 4.39. The lowest BCUT2D eigenvalue weighted by atomic mass is 9.79. The Labute approximate surface area is 328 Å². The zero-order chi connectivity index (χ0) is 37.6. The minimum absolute atomic E-state index is 0.0957. The van der Waals surface area contributed by atoms with Crippen molar-refractivity contribution in [2.24, 2.45) is 0 Å². The van der Waals surface area contributed by atoms with Crippen LogP contribution in [0.2, 0.25) is 0 Å². The first-order valence-electron chi connectivity index (χ1n) is 19.3. The Morgan fingerprint density at radius 1 is 0.393 bits per heavy atom. The van der Waals surface area contributed by atoms with Crippen LogP contribution in [0.25, 0.3) is 66.6 Å². The van der Waals surface area contributed by atoms with Crippen LogP contribution in [-0.4, -0.2) is 4.98 Å². The van der Waals surface area contributed by atoms with Crippen molar-refractivity contribution in [1.29, 1.82) is 0 Å². The molecule has 56 heavy (non-hydrogen) atoms. The molecule has 0 amide bonds. The third kappa shape index (κ3) is 6.06. The summed E-state index contributed by atoms with van der Waals surface area (Å²) in [5.41, 5.74) is 15.5. The molecule has 0 aliphatic heterocycles. The number of hydrogen-bond donors (Lipinski definition) is 0. The standard InChI is InChI=1S/C54H40N2/c1-54(2)52-31-32-55-36-48(52)35-53(54)43-23-29-51(30-24-43)56(50-27-21-42(22-28-50)47-18-16-38-8-4-6-10-45(38)34-47)49-25-19-40(20-26-49)39-11-13-41(14-12-39)46-17-15-37-7-3-5-9-44(37)33-46/h3-36H,1-2H3. The van der Waals surface area contributed by atoms with Crippen LogP contribution in [0, 0.1) is 0 Å². The third-order valence-electron chi connectivity index (χ3n) is 11.6. The normalized spacial score (nSPS) is 13.1. The van der Waals surface area contributed by atoms with Crippen molar-refractivity contribution >= 4 is 50.3 Å². The highest BCUT2D eigenvalue weighted by Gasteiger charge is 2.33. The van der Waals surface area contributed by atoms with Crippen LogP contribution in [0.4, 0.5) is 17.1 Å². The number of pyridine rings is 1. The van der Waals surface area contributed by atoms with Crippen molar-refractivity contribution < 1.29 is 0 Å². The molecule has 0 fully saturated rings. The molecule has 0 N–H and O–H groups in total. The summed E-state index contributed by atoms with van der Waals surface area (Å²) in [6.07, 6.45) is 6.18. The lowest BCUT2D eigenvalue weighted by molar-refractivity contribution is 0.702. The van der Waals surface area contributed by atoms with Gasteiger partial charge in [0.25, 0.3) is 0 Å². The molecule has 9 aromatic rings. The molecule has 0 bridgehead atoms. The number of rotatable bonds is 7. The van der Waals surface area contributed by atoms with E-state index in [1.807, 2.05) is 12.4 Å². The summed E-state index contributed by atoms with van der Waals surface area (Å²) in [5, 5.41) is 5.02. The average molecular weight is 717 g/mol. The fraction of sp³-hybridized carbons (Fsp3) is 0.0556. The van der Waals surface area contributed by atoms with Gasteiger partial charge in [0, 0.05) is 34.9 Å². The third-order valence-corrected chi connectivity index (χ3v) is 11.6. The summed E-state index contributed by atoms with van der Waals surface area (Å²) in [6.45, 7) is 4.61. The van der Waals surface area contributed by atoms with Gasteiger partial charge in [-0.25, -0.2) is 0 Å². The van der Waals surface area contributed by atoms with E-state index in [-0.39, 0.29) is 5.41 Å². The van der Waals surface area contributed by atoms with Crippen molar-refractivity contribution in [3.63, 3.8) is 0 Å². The first-order valence-corrected chi connectivity index (χ1v) is 19.3.